The first-order valence-electron chi connectivity index (χ1n) is 4.89. The Hall–Kier alpha value is -0.191. The van der Waals surface area contributed by atoms with Gasteiger partial charge >= 0.3 is 33.0 Å². The second-order valence-corrected chi connectivity index (χ2v) is 6.07. The zero-order valence-electron chi connectivity index (χ0n) is 10.0. The molecule has 0 spiro atoms. The molecule has 0 unspecified atom stereocenters. The Morgan fingerprint density at radius 3 is 1.10 bits per heavy atom. The summed E-state index contributed by atoms with van der Waals surface area (Å²) in [6, 6.07) is 7.19. The van der Waals surface area contributed by atoms with Gasteiger partial charge in [-0.05, 0) is 12.1 Å². The van der Waals surface area contributed by atoms with E-state index in [1.54, 1.807) is 12.1 Å². The molecule has 0 aliphatic heterocycles. The predicted octanol–water partition coefficient (Wildman–Crippen LogP) is 7.69. The van der Waals surface area contributed by atoms with Crippen molar-refractivity contribution < 1.29 is 42.3 Å². The summed E-state index contributed by atoms with van der Waals surface area (Å²) in [7, 11) is -10.7. The third kappa shape index (κ3) is 25.1. The Morgan fingerprint density at radius 2 is 0.952 bits per heavy atom. The second kappa shape index (κ2) is 7.89. The first-order valence-corrected chi connectivity index (χ1v) is 7.67. The van der Waals surface area contributed by atoms with Crippen LogP contribution in [-0.4, -0.2) is 0 Å². The largest absolute Gasteiger partial charge is 0.0767 e. The average molecular weight is 413 g/mol. The van der Waals surface area contributed by atoms with E-state index in [-0.39, 0.29) is 17.1 Å². The van der Waals surface area contributed by atoms with Crippen LogP contribution in [0.15, 0.2) is 48.6 Å². The molecule has 1 aromatic rings. The smallest absolute Gasteiger partial charge is 0.00506 e. The van der Waals surface area contributed by atoms with E-state index in [1.807, 2.05) is 42.9 Å². The minimum absolute atomic E-state index is 0. The fourth-order valence-electron chi connectivity index (χ4n) is 0.760. The van der Waals surface area contributed by atoms with Crippen molar-refractivity contribution in [1.82, 2.24) is 0 Å². The number of allylic oxidation sites excluding steroid dienone is 4. The molecule has 0 N–H and O–H groups in total. The molecule has 10 heteroatoms. The zero-order chi connectivity index (χ0) is 15.9. The van der Waals surface area contributed by atoms with Gasteiger partial charge in [-0.1, -0.05) is 59.6 Å². The van der Waals surface area contributed by atoms with Gasteiger partial charge in [0.15, 0.2) is 0 Å². The van der Waals surface area contributed by atoms with Crippen LogP contribution >= 0.6 is 31.0 Å². The summed E-state index contributed by atoms with van der Waals surface area (Å²) in [5, 5.41) is 1.21. The third-order valence-electron chi connectivity index (χ3n) is 1.38. The minimum atomic E-state index is -10.7. The quantitative estimate of drug-likeness (QED) is 0.233. The summed E-state index contributed by atoms with van der Waals surface area (Å²) in [6.07, 6.45) is 10.0. The van der Waals surface area contributed by atoms with Gasteiger partial charge in [0.1, 0.15) is 0 Å². The standard InChI is InChI=1S/C6H4Cl2.C5H5.F6P.Fe/c7-5-3-1-2-4-6(5)8;1-2-4-5-3-1;1-7(2,3,4,5)6;/h1-4H;1-5H;;/q;;-1;. The molecule has 2 rings (SSSR count). The molecule has 0 saturated heterocycles. The number of benzene rings is 1. The van der Waals surface area contributed by atoms with Crippen LogP contribution in [0.25, 0.3) is 0 Å². The molecular formula is C11H9Cl2F6FeP-. The van der Waals surface area contributed by atoms with E-state index in [0.29, 0.717) is 10.0 Å². The Labute approximate surface area is 138 Å². The SMILES string of the molecule is Clc1ccccc1Cl.F[P-](F)(F)(F)(F)F.[CH]1C=CC=C1.[Fe]. The van der Waals surface area contributed by atoms with Crippen molar-refractivity contribution >= 4 is 31.0 Å². The summed E-state index contributed by atoms with van der Waals surface area (Å²) in [5.41, 5.74) is 0. The fourth-order valence-corrected chi connectivity index (χ4v) is 1.03. The van der Waals surface area contributed by atoms with Crippen LogP contribution in [0.3, 0.4) is 0 Å². The van der Waals surface area contributed by atoms with E-state index >= 15 is 0 Å². The predicted molar refractivity (Wildman–Crippen MR) is 72.6 cm³/mol. The Bertz CT molecular complexity index is 456. The van der Waals surface area contributed by atoms with Crippen molar-refractivity contribution in [3.05, 3.63) is 65.0 Å². The van der Waals surface area contributed by atoms with Crippen molar-refractivity contribution in [2.24, 2.45) is 0 Å². The molecule has 0 heterocycles. The molecule has 0 bridgehead atoms. The van der Waals surface area contributed by atoms with Gasteiger partial charge in [0.2, 0.25) is 0 Å². The number of rotatable bonds is 0. The molecule has 123 valence electrons. The molecule has 0 fully saturated rings. The van der Waals surface area contributed by atoms with Gasteiger partial charge in [-0.3, -0.25) is 0 Å². The molecule has 0 atom stereocenters. The van der Waals surface area contributed by atoms with E-state index < -0.39 is 7.81 Å². The average Bonchev–Trinajstić information content (AvgIpc) is 2.76. The van der Waals surface area contributed by atoms with Crippen LogP contribution in [0.1, 0.15) is 0 Å². The number of halogens is 8. The van der Waals surface area contributed by atoms with Gasteiger partial charge in [0.25, 0.3) is 0 Å². The van der Waals surface area contributed by atoms with Crippen LogP contribution in [-0.2, 0) is 17.1 Å². The van der Waals surface area contributed by atoms with E-state index in [0.717, 1.165) is 0 Å². The molecule has 1 aromatic carbocycles. The Morgan fingerprint density at radius 1 is 0.667 bits per heavy atom. The van der Waals surface area contributed by atoms with Crippen molar-refractivity contribution in [3.63, 3.8) is 0 Å². The maximum atomic E-state index is 9.87. The van der Waals surface area contributed by atoms with Crippen LogP contribution in [0.2, 0.25) is 10.0 Å². The van der Waals surface area contributed by atoms with Crippen LogP contribution < -0.4 is 0 Å². The topological polar surface area (TPSA) is 0 Å². The van der Waals surface area contributed by atoms with Crippen molar-refractivity contribution in [3.8, 4) is 0 Å². The Kier molecular flexibility index (Phi) is 8.67. The molecule has 0 nitrogen and oxygen atoms in total. The zero-order valence-corrected chi connectivity index (χ0v) is 13.5. The summed E-state index contributed by atoms with van der Waals surface area (Å²) in [4.78, 5) is 0. The van der Waals surface area contributed by atoms with Crippen molar-refractivity contribution in [2.45, 2.75) is 0 Å². The molecule has 1 aliphatic carbocycles. The second-order valence-electron chi connectivity index (χ2n) is 3.33. The molecule has 1 aliphatic rings. The van der Waals surface area contributed by atoms with Crippen molar-refractivity contribution in [1.29, 1.82) is 0 Å². The van der Waals surface area contributed by atoms with E-state index in [4.69, 9.17) is 23.2 Å². The van der Waals surface area contributed by atoms with Gasteiger partial charge in [-0.15, -0.1) is 0 Å². The van der Waals surface area contributed by atoms with E-state index in [2.05, 4.69) is 0 Å². The van der Waals surface area contributed by atoms with Gasteiger partial charge in [-0.2, -0.15) is 0 Å². The van der Waals surface area contributed by atoms with Crippen LogP contribution in [0, 0.1) is 6.42 Å². The van der Waals surface area contributed by atoms with Gasteiger partial charge in [0.05, 0.1) is 10.0 Å². The molecular weight excluding hydrogens is 404 g/mol. The van der Waals surface area contributed by atoms with E-state index in [9.17, 15) is 25.2 Å². The molecule has 0 aromatic heterocycles. The monoisotopic (exact) mass is 412 g/mol. The summed E-state index contributed by atoms with van der Waals surface area (Å²) in [6.45, 7) is 0. The van der Waals surface area contributed by atoms with Gasteiger partial charge < -0.3 is 0 Å². The maximum absolute atomic E-state index is 10.7. The van der Waals surface area contributed by atoms with Crippen molar-refractivity contribution in [2.75, 3.05) is 0 Å². The summed E-state index contributed by atoms with van der Waals surface area (Å²) >= 11 is 11.2. The normalized spacial score (nSPS) is 15.4. The summed E-state index contributed by atoms with van der Waals surface area (Å²) in [5.74, 6) is 0. The first-order chi connectivity index (χ1) is 8.75. The third-order valence-corrected chi connectivity index (χ3v) is 2.14. The minimum Gasteiger partial charge on any atom is -0.0767 e. The van der Waals surface area contributed by atoms with Gasteiger partial charge in [-0.25, -0.2) is 0 Å². The summed E-state index contributed by atoms with van der Waals surface area (Å²) < 4.78 is 59.2. The van der Waals surface area contributed by atoms with Crippen LogP contribution in [0.5, 0.6) is 0 Å². The maximum Gasteiger partial charge on any atom is 0.00506 e. The first kappa shape index (κ1) is 23.1. The molecule has 21 heavy (non-hydrogen) atoms. The molecule has 0 amide bonds. The molecule has 0 saturated carbocycles. The number of hydrogen-bond acceptors (Lipinski definition) is 0. The van der Waals surface area contributed by atoms with E-state index in [1.165, 1.54) is 0 Å². The van der Waals surface area contributed by atoms with Crippen LogP contribution in [0.4, 0.5) is 25.2 Å². The number of hydrogen-bond donors (Lipinski definition) is 0. The Balaban J connectivity index is 0. The fraction of sp³-hybridized carbons (Fsp3) is 0. The molecule has 1 radical (unpaired) electrons. The van der Waals surface area contributed by atoms with Gasteiger partial charge in [0, 0.05) is 23.5 Å².